The first-order chi connectivity index (χ1) is 12.5. The van der Waals surface area contributed by atoms with Gasteiger partial charge in [-0.15, -0.1) is 11.3 Å². The van der Waals surface area contributed by atoms with Crippen LogP contribution in [0.2, 0.25) is 0 Å². The summed E-state index contributed by atoms with van der Waals surface area (Å²) in [7, 11) is 1.51. The molecule has 0 unspecified atom stereocenters. The van der Waals surface area contributed by atoms with Crippen LogP contribution in [0.25, 0.3) is 11.3 Å². The van der Waals surface area contributed by atoms with E-state index in [1.165, 1.54) is 29.6 Å². The van der Waals surface area contributed by atoms with Crippen molar-refractivity contribution in [2.75, 3.05) is 12.5 Å². The first-order valence-electron chi connectivity index (χ1n) is 7.87. The molecule has 2 N–H and O–H groups in total. The molecule has 0 aliphatic heterocycles. The number of hydrazone groups is 1. The molecule has 0 saturated carbocycles. The molecule has 0 saturated heterocycles. The Balaban J connectivity index is 1.73. The molecule has 3 aromatic rings. The molecule has 2 aromatic carbocycles. The smallest absolute Gasteiger partial charge is 0.203 e. The number of nitrogens with zero attached hydrogens (tertiary/aromatic N) is 2. The van der Waals surface area contributed by atoms with Crippen LogP contribution in [-0.2, 0) is 0 Å². The first kappa shape index (κ1) is 18.4. The van der Waals surface area contributed by atoms with Crippen LogP contribution >= 0.6 is 27.3 Å². The Labute approximate surface area is 164 Å². The lowest BCUT2D eigenvalue weighted by molar-refractivity contribution is 0.372. The van der Waals surface area contributed by atoms with Gasteiger partial charge in [-0.05, 0) is 59.1 Å². The van der Waals surface area contributed by atoms with Crippen molar-refractivity contribution in [1.82, 2.24) is 4.98 Å². The molecule has 26 heavy (non-hydrogen) atoms. The van der Waals surface area contributed by atoms with Crippen molar-refractivity contribution in [2.45, 2.75) is 13.8 Å². The highest BCUT2D eigenvalue weighted by atomic mass is 79.9. The summed E-state index contributed by atoms with van der Waals surface area (Å²) in [6, 6.07) is 9.79. The lowest BCUT2D eigenvalue weighted by Gasteiger charge is -2.06. The van der Waals surface area contributed by atoms with Crippen LogP contribution in [-0.4, -0.2) is 23.4 Å². The van der Waals surface area contributed by atoms with E-state index >= 15 is 0 Å². The van der Waals surface area contributed by atoms with Gasteiger partial charge in [-0.25, -0.2) is 4.98 Å². The molecule has 5 nitrogen and oxygen atoms in total. The molecule has 0 bridgehead atoms. The van der Waals surface area contributed by atoms with E-state index in [2.05, 4.69) is 63.5 Å². The van der Waals surface area contributed by atoms with E-state index < -0.39 is 0 Å². The van der Waals surface area contributed by atoms with Crippen LogP contribution in [0, 0.1) is 13.8 Å². The van der Waals surface area contributed by atoms with E-state index in [0.717, 1.165) is 16.8 Å². The molecule has 7 heteroatoms. The zero-order valence-corrected chi connectivity index (χ0v) is 17.0. The summed E-state index contributed by atoms with van der Waals surface area (Å²) >= 11 is 4.83. The summed E-state index contributed by atoms with van der Waals surface area (Å²) in [6.45, 7) is 4.19. The minimum absolute atomic E-state index is 0.0442. The summed E-state index contributed by atoms with van der Waals surface area (Å²) in [4.78, 5) is 4.56. The summed E-state index contributed by atoms with van der Waals surface area (Å²) in [5, 5.41) is 16.9. The summed E-state index contributed by atoms with van der Waals surface area (Å²) in [5.41, 5.74) is 8.16. The highest BCUT2D eigenvalue weighted by molar-refractivity contribution is 9.10. The van der Waals surface area contributed by atoms with Gasteiger partial charge in [-0.2, -0.15) is 5.10 Å². The Morgan fingerprint density at radius 1 is 1.23 bits per heavy atom. The number of phenolic OH excluding ortho intramolecular Hbond substituents is 1. The summed E-state index contributed by atoms with van der Waals surface area (Å²) < 4.78 is 5.59. The van der Waals surface area contributed by atoms with Crippen LogP contribution in [0.3, 0.4) is 0 Å². The molecule has 0 atom stereocenters. The van der Waals surface area contributed by atoms with Crippen LogP contribution in [0.15, 0.2) is 45.3 Å². The van der Waals surface area contributed by atoms with Gasteiger partial charge in [0.2, 0.25) is 5.13 Å². The standard InChI is InChI=1S/C19H18BrN3O2S/c1-11-4-5-13(8-12(11)2)15-10-26-19(22-15)23-21-9-14-6-7-16(25-3)18(24)17(14)20/h4-10,24H,1-3H3,(H,22,23)/b21-9-. The number of ether oxygens (including phenoxy) is 1. The third-order valence-corrected chi connectivity index (χ3v) is 5.58. The number of anilines is 1. The average molecular weight is 432 g/mol. The van der Waals surface area contributed by atoms with Gasteiger partial charge in [0.15, 0.2) is 11.5 Å². The molecule has 1 aromatic heterocycles. The largest absolute Gasteiger partial charge is 0.503 e. The lowest BCUT2D eigenvalue weighted by Crippen LogP contribution is -1.93. The second kappa shape index (κ2) is 7.88. The Kier molecular flexibility index (Phi) is 5.58. The molecule has 134 valence electrons. The number of rotatable bonds is 5. The predicted molar refractivity (Wildman–Crippen MR) is 111 cm³/mol. The number of aryl methyl sites for hydroxylation is 2. The van der Waals surface area contributed by atoms with E-state index in [9.17, 15) is 5.11 Å². The third kappa shape index (κ3) is 3.89. The third-order valence-electron chi connectivity index (χ3n) is 4.00. The topological polar surface area (TPSA) is 66.7 Å². The number of thiazole rings is 1. The van der Waals surface area contributed by atoms with Crippen molar-refractivity contribution >= 4 is 38.6 Å². The Bertz CT molecular complexity index is 969. The number of nitrogens with one attached hydrogen (secondary N) is 1. The van der Waals surface area contributed by atoms with Gasteiger partial charge in [-0.1, -0.05) is 12.1 Å². The van der Waals surface area contributed by atoms with Crippen molar-refractivity contribution in [3.63, 3.8) is 0 Å². The van der Waals surface area contributed by atoms with Gasteiger partial charge in [0.25, 0.3) is 0 Å². The first-order valence-corrected chi connectivity index (χ1v) is 9.54. The number of halogens is 1. The van der Waals surface area contributed by atoms with Crippen LogP contribution in [0.5, 0.6) is 11.5 Å². The lowest BCUT2D eigenvalue weighted by atomic mass is 10.1. The number of hydrogen-bond acceptors (Lipinski definition) is 6. The molecule has 1 heterocycles. The Morgan fingerprint density at radius 2 is 2.04 bits per heavy atom. The fourth-order valence-corrected chi connectivity index (χ4v) is 3.44. The number of methoxy groups -OCH3 is 1. The van der Waals surface area contributed by atoms with Gasteiger partial charge in [-0.3, -0.25) is 5.43 Å². The van der Waals surface area contributed by atoms with E-state index in [0.29, 0.717) is 15.4 Å². The SMILES string of the molecule is COc1ccc(/C=N\Nc2nc(-c3ccc(C)c(C)c3)cs2)c(Br)c1O. The van der Waals surface area contributed by atoms with Gasteiger partial charge < -0.3 is 9.84 Å². The maximum absolute atomic E-state index is 10.0. The number of phenols is 1. The van der Waals surface area contributed by atoms with E-state index in [1.54, 1.807) is 18.3 Å². The van der Waals surface area contributed by atoms with Crippen molar-refractivity contribution in [1.29, 1.82) is 0 Å². The van der Waals surface area contributed by atoms with E-state index in [4.69, 9.17) is 4.74 Å². The molecule has 3 rings (SSSR count). The van der Waals surface area contributed by atoms with Crippen molar-refractivity contribution < 1.29 is 9.84 Å². The van der Waals surface area contributed by atoms with Gasteiger partial charge in [0.1, 0.15) is 0 Å². The maximum atomic E-state index is 10.0. The highest BCUT2D eigenvalue weighted by Gasteiger charge is 2.09. The summed E-state index contributed by atoms with van der Waals surface area (Å²) in [6.07, 6.45) is 1.61. The number of aromatic hydroxyl groups is 1. The molecule has 0 amide bonds. The zero-order chi connectivity index (χ0) is 18.7. The fourth-order valence-electron chi connectivity index (χ4n) is 2.34. The zero-order valence-electron chi connectivity index (χ0n) is 14.6. The average Bonchev–Trinajstić information content (AvgIpc) is 3.10. The normalized spacial score (nSPS) is 11.1. The minimum atomic E-state index is 0.0442. The Hall–Kier alpha value is -2.38. The number of hydrogen-bond donors (Lipinski definition) is 2. The molecular weight excluding hydrogens is 414 g/mol. The van der Waals surface area contributed by atoms with E-state index in [1.807, 2.05) is 5.38 Å². The van der Waals surface area contributed by atoms with Crippen LogP contribution < -0.4 is 10.2 Å². The molecule has 0 fully saturated rings. The second-order valence-electron chi connectivity index (χ2n) is 5.73. The van der Waals surface area contributed by atoms with E-state index in [-0.39, 0.29) is 5.75 Å². The highest BCUT2D eigenvalue weighted by Crippen LogP contribution is 2.35. The molecule has 0 aliphatic rings. The fraction of sp³-hybridized carbons (Fsp3) is 0.158. The predicted octanol–water partition coefficient (Wildman–Crippen LogP) is 5.35. The van der Waals surface area contributed by atoms with Crippen LogP contribution in [0.1, 0.15) is 16.7 Å². The van der Waals surface area contributed by atoms with Crippen molar-refractivity contribution in [2.24, 2.45) is 5.10 Å². The molecular formula is C19H18BrN3O2S. The van der Waals surface area contributed by atoms with Gasteiger partial charge in [0.05, 0.1) is 23.5 Å². The quantitative estimate of drug-likeness (QED) is 0.421. The summed E-state index contributed by atoms with van der Waals surface area (Å²) in [5.74, 6) is 0.447. The monoisotopic (exact) mass is 431 g/mol. The molecule has 0 aliphatic carbocycles. The minimum Gasteiger partial charge on any atom is -0.503 e. The van der Waals surface area contributed by atoms with Crippen molar-refractivity contribution in [3.8, 4) is 22.8 Å². The van der Waals surface area contributed by atoms with Crippen molar-refractivity contribution in [3.05, 3.63) is 56.9 Å². The van der Waals surface area contributed by atoms with Crippen LogP contribution in [0.4, 0.5) is 5.13 Å². The maximum Gasteiger partial charge on any atom is 0.203 e. The second-order valence-corrected chi connectivity index (χ2v) is 7.38. The van der Waals surface area contributed by atoms with Gasteiger partial charge >= 0.3 is 0 Å². The number of aromatic nitrogens is 1. The van der Waals surface area contributed by atoms with Gasteiger partial charge in [0, 0.05) is 16.5 Å². The number of benzene rings is 2. The Morgan fingerprint density at radius 3 is 2.77 bits per heavy atom. The molecule has 0 radical (unpaired) electrons. The molecule has 0 spiro atoms.